The van der Waals surface area contributed by atoms with E-state index >= 15 is 0 Å². The van der Waals surface area contributed by atoms with Gasteiger partial charge in [-0.05, 0) is 49.2 Å². The third kappa shape index (κ3) is 5.67. The second-order valence-corrected chi connectivity index (χ2v) is 8.69. The average molecular weight is 457 g/mol. The van der Waals surface area contributed by atoms with Crippen LogP contribution in [-0.4, -0.2) is 41.1 Å². The zero-order chi connectivity index (χ0) is 22.6. The van der Waals surface area contributed by atoms with E-state index in [9.17, 15) is 26.4 Å². The van der Waals surface area contributed by atoms with Gasteiger partial charge in [-0.1, -0.05) is 6.07 Å². The van der Waals surface area contributed by atoms with E-state index in [4.69, 9.17) is 4.74 Å². The highest BCUT2D eigenvalue weighted by molar-refractivity contribution is 7.92. The Kier molecular flexibility index (Phi) is 6.75. The number of sulfonamides is 1. The maximum atomic E-state index is 13.1. The molecule has 2 aromatic carbocycles. The second-order valence-electron chi connectivity index (χ2n) is 7.04. The molecule has 2 aromatic rings. The van der Waals surface area contributed by atoms with Crippen molar-refractivity contribution >= 4 is 33.0 Å². The number of anilines is 3. The van der Waals surface area contributed by atoms with E-state index in [1.165, 1.54) is 19.2 Å². The lowest BCUT2D eigenvalue weighted by molar-refractivity contribution is -0.137. The molecule has 2 N–H and O–H groups in total. The van der Waals surface area contributed by atoms with Gasteiger partial charge in [-0.25, -0.2) is 8.42 Å². The number of nitrogens with zero attached hydrogens (tertiary/aromatic N) is 1. The molecule has 0 atom stereocenters. The van der Waals surface area contributed by atoms with Crippen LogP contribution in [0, 0.1) is 0 Å². The van der Waals surface area contributed by atoms with Gasteiger partial charge in [0.2, 0.25) is 5.91 Å². The third-order valence-corrected chi connectivity index (χ3v) is 6.11. The highest BCUT2D eigenvalue weighted by Gasteiger charge is 2.31. The molecule has 1 heterocycles. The fourth-order valence-electron chi connectivity index (χ4n) is 3.32. The average Bonchev–Trinajstić information content (AvgIpc) is 3.22. The third-order valence-electron chi connectivity index (χ3n) is 4.70. The topological polar surface area (TPSA) is 87.7 Å². The van der Waals surface area contributed by atoms with E-state index in [1.54, 1.807) is 12.1 Å². The summed E-state index contributed by atoms with van der Waals surface area (Å²) in [6, 6.07) is 8.41. The Morgan fingerprint density at radius 1 is 1.10 bits per heavy atom. The van der Waals surface area contributed by atoms with Gasteiger partial charge in [0.1, 0.15) is 11.5 Å². The number of carbonyl (C=O) groups is 1. The molecule has 1 aliphatic heterocycles. The summed E-state index contributed by atoms with van der Waals surface area (Å²) in [7, 11) is -2.90. The monoisotopic (exact) mass is 457 g/mol. The molecular formula is C20H22F3N3O4S. The number of alkyl halides is 3. The number of benzene rings is 2. The van der Waals surface area contributed by atoms with Crippen molar-refractivity contribution in [3.8, 4) is 0 Å². The minimum atomic E-state index is -4.60. The van der Waals surface area contributed by atoms with Crippen molar-refractivity contribution in [3.05, 3.63) is 48.0 Å². The molecule has 1 aliphatic rings. The lowest BCUT2D eigenvalue weighted by Crippen LogP contribution is -2.24. The number of rotatable bonds is 7. The van der Waals surface area contributed by atoms with E-state index < -0.39 is 27.7 Å². The first kappa shape index (κ1) is 22.9. The van der Waals surface area contributed by atoms with Crippen LogP contribution in [0.4, 0.5) is 30.2 Å². The summed E-state index contributed by atoms with van der Waals surface area (Å²) in [5.74, 6) is -0.467. The predicted molar refractivity (Wildman–Crippen MR) is 111 cm³/mol. The van der Waals surface area contributed by atoms with Crippen molar-refractivity contribution < 1.29 is 31.1 Å². The molecule has 3 rings (SSSR count). The van der Waals surface area contributed by atoms with Crippen molar-refractivity contribution in [1.82, 2.24) is 0 Å². The van der Waals surface area contributed by atoms with Gasteiger partial charge in [0.15, 0.2) is 0 Å². The van der Waals surface area contributed by atoms with Gasteiger partial charge < -0.3 is 15.0 Å². The van der Waals surface area contributed by atoms with E-state index in [1.807, 2.05) is 4.90 Å². The molecular weight excluding hydrogens is 435 g/mol. The van der Waals surface area contributed by atoms with Gasteiger partial charge >= 0.3 is 6.18 Å². The molecule has 11 heteroatoms. The quantitative estimate of drug-likeness (QED) is 0.662. The summed E-state index contributed by atoms with van der Waals surface area (Å²) < 4.78 is 72.3. The van der Waals surface area contributed by atoms with Crippen LogP contribution in [0.25, 0.3) is 0 Å². The molecule has 0 aliphatic carbocycles. The molecule has 0 radical (unpaired) electrons. The molecule has 168 valence electrons. The minimum Gasteiger partial charge on any atom is -0.375 e. The first-order valence-corrected chi connectivity index (χ1v) is 11.0. The van der Waals surface area contributed by atoms with Gasteiger partial charge in [-0.15, -0.1) is 0 Å². The van der Waals surface area contributed by atoms with Crippen molar-refractivity contribution in [2.24, 2.45) is 0 Å². The number of carbonyl (C=O) groups excluding carboxylic acids is 1. The van der Waals surface area contributed by atoms with E-state index in [-0.39, 0.29) is 22.9 Å². The van der Waals surface area contributed by atoms with Crippen LogP contribution < -0.4 is 14.9 Å². The first-order valence-electron chi connectivity index (χ1n) is 9.48. The van der Waals surface area contributed by atoms with Crippen LogP contribution in [0.3, 0.4) is 0 Å². The number of hydrogen-bond donors (Lipinski definition) is 2. The SMILES string of the molecule is COCC(=O)Nc1ccc(N2CCCC2)c(S(=O)(=O)Nc2cccc(C(F)(F)F)c2)c1. The van der Waals surface area contributed by atoms with Crippen LogP contribution in [0.15, 0.2) is 47.4 Å². The molecule has 0 saturated carbocycles. The maximum absolute atomic E-state index is 13.1. The van der Waals surface area contributed by atoms with Gasteiger partial charge in [0.05, 0.1) is 11.3 Å². The lowest BCUT2D eigenvalue weighted by atomic mass is 10.2. The van der Waals surface area contributed by atoms with Crippen LogP contribution >= 0.6 is 0 Å². The molecule has 0 aromatic heterocycles. The zero-order valence-corrected chi connectivity index (χ0v) is 17.5. The molecule has 0 unspecified atom stereocenters. The lowest BCUT2D eigenvalue weighted by Gasteiger charge is -2.22. The summed E-state index contributed by atoms with van der Waals surface area (Å²) in [6.45, 7) is 1.10. The number of amides is 1. The molecule has 0 spiro atoms. The van der Waals surface area contributed by atoms with Gasteiger partial charge in [-0.2, -0.15) is 13.2 Å². The molecule has 7 nitrogen and oxygen atoms in total. The predicted octanol–water partition coefficient (Wildman–Crippen LogP) is 3.69. The summed E-state index contributed by atoms with van der Waals surface area (Å²) in [5.41, 5.74) is -0.528. The van der Waals surface area contributed by atoms with Gasteiger partial charge in [0.25, 0.3) is 10.0 Å². The van der Waals surface area contributed by atoms with E-state index in [0.29, 0.717) is 18.8 Å². The summed E-state index contributed by atoms with van der Waals surface area (Å²) in [6.07, 6.45) is -2.81. The van der Waals surface area contributed by atoms with Crippen molar-refractivity contribution in [2.45, 2.75) is 23.9 Å². The summed E-state index contributed by atoms with van der Waals surface area (Å²) in [5, 5.41) is 2.54. The highest BCUT2D eigenvalue weighted by Crippen LogP contribution is 2.34. The molecule has 1 saturated heterocycles. The Morgan fingerprint density at radius 2 is 1.81 bits per heavy atom. The maximum Gasteiger partial charge on any atom is 0.416 e. The van der Waals surface area contributed by atoms with E-state index in [0.717, 1.165) is 31.0 Å². The van der Waals surface area contributed by atoms with Crippen LogP contribution in [0.5, 0.6) is 0 Å². The number of ether oxygens (including phenoxy) is 1. The normalized spacial score (nSPS) is 14.5. The van der Waals surface area contributed by atoms with Crippen LogP contribution in [-0.2, 0) is 25.7 Å². The molecule has 0 bridgehead atoms. The fraction of sp³-hybridized carbons (Fsp3) is 0.350. The number of methoxy groups -OCH3 is 1. The first-order chi connectivity index (χ1) is 14.6. The van der Waals surface area contributed by atoms with Gasteiger partial charge in [0, 0.05) is 31.6 Å². The van der Waals surface area contributed by atoms with Crippen LogP contribution in [0.1, 0.15) is 18.4 Å². The summed E-state index contributed by atoms with van der Waals surface area (Å²) >= 11 is 0. The zero-order valence-electron chi connectivity index (χ0n) is 16.7. The Balaban J connectivity index is 1.98. The van der Waals surface area contributed by atoms with Crippen molar-refractivity contribution in [1.29, 1.82) is 0 Å². The molecule has 1 fully saturated rings. The minimum absolute atomic E-state index is 0.137. The Labute approximate surface area is 178 Å². The Hall–Kier alpha value is -2.79. The standard InChI is InChI=1S/C20H22F3N3O4S/c1-30-13-19(27)24-15-7-8-17(26-9-2-3-10-26)18(12-15)31(28,29)25-16-6-4-5-14(11-16)20(21,22)23/h4-8,11-12,25H,2-3,9-10,13H2,1H3,(H,24,27). The Bertz CT molecular complexity index is 1050. The molecule has 1 amide bonds. The van der Waals surface area contributed by atoms with Crippen molar-refractivity contribution in [3.63, 3.8) is 0 Å². The fourth-order valence-corrected chi connectivity index (χ4v) is 4.63. The largest absolute Gasteiger partial charge is 0.416 e. The van der Waals surface area contributed by atoms with Crippen LogP contribution in [0.2, 0.25) is 0 Å². The molecule has 31 heavy (non-hydrogen) atoms. The van der Waals surface area contributed by atoms with Gasteiger partial charge in [-0.3, -0.25) is 9.52 Å². The number of hydrogen-bond acceptors (Lipinski definition) is 5. The number of nitrogens with one attached hydrogen (secondary N) is 2. The van der Waals surface area contributed by atoms with E-state index in [2.05, 4.69) is 10.0 Å². The van der Waals surface area contributed by atoms with Crippen molar-refractivity contribution in [2.75, 3.05) is 41.7 Å². The number of halogens is 3. The summed E-state index contributed by atoms with van der Waals surface area (Å²) in [4.78, 5) is 13.6. The second kappa shape index (κ2) is 9.15. The highest BCUT2D eigenvalue weighted by atomic mass is 32.2. The smallest absolute Gasteiger partial charge is 0.375 e. The Morgan fingerprint density at radius 3 is 2.45 bits per heavy atom.